The minimum Gasteiger partial charge on any atom is -0.232 e. The zero-order valence-electron chi connectivity index (χ0n) is 7.94. The molecule has 3 heteroatoms. The van der Waals surface area contributed by atoms with E-state index in [1.165, 1.54) is 0 Å². The van der Waals surface area contributed by atoms with E-state index < -0.39 is 0 Å². The minimum absolute atomic E-state index is 0.643. The van der Waals surface area contributed by atoms with E-state index >= 15 is 0 Å². The summed E-state index contributed by atoms with van der Waals surface area (Å²) in [6.45, 7) is 4.38. The van der Waals surface area contributed by atoms with E-state index in [1.807, 2.05) is 22.8 Å². The summed E-state index contributed by atoms with van der Waals surface area (Å²) in [7, 11) is 0. The highest BCUT2D eigenvalue weighted by Gasteiger charge is 2.03. The van der Waals surface area contributed by atoms with E-state index in [0.29, 0.717) is 5.92 Å². The van der Waals surface area contributed by atoms with E-state index in [0.717, 1.165) is 17.8 Å². The van der Waals surface area contributed by atoms with Gasteiger partial charge in [0.05, 0.1) is 11.9 Å². The summed E-state index contributed by atoms with van der Waals surface area (Å²) in [4.78, 5) is 4.45. The highest BCUT2D eigenvalue weighted by molar-refractivity contribution is 5.37. The Morgan fingerprint density at radius 2 is 2.31 bits per heavy atom. The van der Waals surface area contributed by atoms with Crippen LogP contribution in [0.2, 0.25) is 0 Å². The van der Waals surface area contributed by atoms with Crippen LogP contribution in [0, 0.1) is 5.92 Å². The van der Waals surface area contributed by atoms with Gasteiger partial charge in [-0.3, -0.25) is 0 Å². The smallest absolute Gasteiger partial charge is 0.153 e. The normalized spacial score (nSPS) is 11.3. The quantitative estimate of drug-likeness (QED) is 0.698. The topological polar surface area (TPSA) is 30.2 Å². The standard InChI is InChI=1S/C10H13N3/c1-8(2)6-9-7-13-10(12-9)4-3-5-11-13/h3-5,7-8H,6H2,1-2H3. The van der Waals surface area contributed by atoms with Gasteiger partial charge in [-0.15, -0.1) is 0 Å². The van der Waals surface area contributed by atoms with Crippen LogP contribution in [0.1, 0.15) is 19.5 Å². The zero-order valence-corrected chi connectivity index (χ0v) is 7.94. The Labute approximate surface area is 77.4 Å². The Morgan fingerprint density at radius 1 is 1.46 bits per heavy atom. The van der Waals surface area contributed by atoms with Crippen molar-refractivity contribution in [1.82, 2.24) is 14.6 Å². The van der Waals surface area contributed by atoms with Crippen molar-refractivity contribution in [3.8, 4) is 0 Å². The average molecular weight is 175 g/mol. The molecule has 0 aliphatic rings. The second-order valence-corrected chi connectivity index (χ2v) is 3.66. The molecule has 2 heterocycles. The number of nitrogens with zero attached hydrogens (tertiary/aromatic N) is 3. The molecule has 0 aliphatic carbocycles. The fourth-order valence-electron chi connectivity index (χ4n) is 1.40. The van der Waals surface area contributed by atoms with Crippen LogP contribution in [0.4, 0.5) is 0 Å². The molecule has 0 aliphatic heterocycles. The summed E-state index contributed by atoms with van der Waals surface area (Å²) in [5.41, 5.74) is 2.05. The summed E-state index contributed by atoms with van der Waals surface area (Å²) < 4.78 is 1.82. The van der Waals surface area contributed by atoms with E-state index in [4.69, 9.17) is 0 Å². The molecule has 0 spiro atoms. The van der Waals surface area contributed by atoms with Crippen LogP contribution >= 0.6 is 0 Å². The van der Waals surface area contributed by atoms with Gasteiger partial charge >= 0.3 is 0 Å². The van der Waals surface area contributed by atoms with Crippen molar-refractivity contribution in [1.29, 1.82) is 0 Å². The zero-order chi connectivity index (χ0) is 9.26. The molecule has 0 saturated carbocycles. The Balaban J connectivity index is 2.38. The van der Waals surface area contributed by atoms with E-state index in [-0.39, 0.29) is 0 Å². The lowest BCUT2D eigenvalue weighted by Crippen LogP contribution is -1.93. The molecule has 2 aromatic heterocycles. The molecule has 0 saturated heterocycles. The molecule has 0 amide bonds. The lowest BCUT2D eigenvalue weighted by atomic mass is 10.1. The molecule has 0 unspecified atom stereocenters. The van der Waals surface area contributed by atoms with E-state index in [9.17, 15) is 0 Å². The molecular formula is C10H13N3. The largest absolute Gasteiger partial charge is 0.232 e. The number of fused-ring (bicyclic) bond motifs is 1. The summed E-state index contributed by atoms with van der Waals surface area (Å²) >= 11 is 0. The maximum Gasteiger partial charge on any atom is 0.153 e. The van der Waals surface area contributed by atoms with Crippen molar-refractivity contribution in [3.63, 3.8) is 0 Å². The van der Waals surface area contributed by atoms with Crippen molar-refractivity contribution in [2.24, 2.45) is 5.92 Å². The maximum atomic E-state index is 4.45. The van der Waals surface area contributed by atoms with E-state index in [2.05, 4.69) is 23.9 Å². The van der Waals surface area contributed by atoms with Crippen LogP contribution in [-0.4, -0.2) is 14.6 Å². The maximum absolute atomic E-state index is 4.45. The fraction of sp³-hybridized carbons (Fsp3) is 0.400. The van der Waals surface area contributed by atoms with Gasteiger partial charge in [0, 0.05) is 6.20 Å². The highest BCUT2D eigenvalue weighted by Crippen LogP contribution is 2.07. The third-order valence-electron chi connectivity index (χ3n) is 1.90. The van der Waals surface area contributed by atoms with Crippen LogP contribution in [0.3, 0.4) is 0 Å². The molecule has 0 atom stereocenters. The third kappa shape index (κ3) is 1.69. The van der Waals surface area contributed by atoms with E-state index in [1.54, 1.807) is 6.20 Å². The van der Waals surface area contributed by atoms with Crippen molar-refractivity contribution in [2.75, 3.05) is 0 Å². The number of imidazole rings is 1. The predicted octanol–water partition coefficient (Wildman–Crippen LogP) is 1.93. The van der Waals surface area contributed by atoms with Gasteiger partial charge < -0.3 is 0 Å². The lowest BCUT2D eigenvalue weighted by Gasteiger charge is -1.97. The Kier molecular flexibility index (Phi) is 2.00. The molecule has 0 radical (unpaired) electrons. The van der Waals surface area contributed by atoms with Crippen LogP contribution in [0.15, 0.2) is 24.5 Å². The molecule has 13 heavy (non-hydrogen) atoms. The SMILES string of the molecule is CC(C)Cc1cn2ncccc2n1. The lowest BCUT2D eigenvalue weighted by molar-refractivity contribution is 0.637. The first kappa shape index (κ1) is 8.23. The number of rotatable bonds is 2. The van der Waals surface area contributed by atoms with Gasteiger partial charge in [-0.05, 0) is 24.5 Å². The third-order valence-corrected chi connectivity index (χ3v) is 1.90. The minimum atomic E-state index is 0.643. The van der Waals surface area contributed by atoms with Crippen LogP contribution in [-0.2, 0) is 6.42 Å². The summed E-state index contributed by atoms with van der Waals surface area (Å²) in [6, 6.07) is 3.87. The molecule has 3 nitrogen and oxygen atoms in total. The Hall–Kier alpha value is -1.38. The fourth-order valence-corrected chi connectivity index (χ4v) is 1.40. The molecular weight excluding hydrogens is 162 g/mol. The Bertz CT molecular complexity index is 370. The molecule has 0 aromatic carbocycles. The number of hydrogen-bond donors (Lipinski definition) is 0. The Morgan fingerprint density at radius 3 is 3.00 bits per heavy atom. The summed E-state index contributed by atoms with van der Waals surface area (Å²) in [5, 5.41) is 4.16. The average Bonchev–Trinajstić information content (AvgIpc) is 2.44. The summed E-state index contributed by atoms with van der Waals surface area (Å²) in [6.07, 6.45) is 4.78. The second kappa shape index (κ2) is 3.17. The van der Waals surface area contributed by atoms with Crippen molar-refractivity contribution < 1.29 is 0 Å². The van der Waals surface area contributed by atoms with Gasteiger partial charge in [0.1, 0.15) is 0 Å². The summed E-state index contributed by atoms with van der Waals surface area (Å²) in [5.74, 6) is 0.643. The monoisotopic (exact) mass is 175 g/mol. The van der Waals surface area contributed by atoms with Crippen LogP contribution in [0.5, 0.6) is 0 Å². The first-order chi connectivity index (χ1) is 6.25. The van der Waals surface area contributed by atoms with Gasteiger partial charge in [-0.1, -0.05) is 13.8 Å². The molecule has 0 N–H and O–H groups in total. The predicted molar refractivity (Wildman–Crippen MR) is 51.5 cm³/mol. The van der Waals surface area contributed by atoms with Gasteiger partial charge in [-0.2, -0.15) is 5.10 Å². The van der Waals surface area contributed by atoms with Gasteiger partial charge in [-0.25, -0.2) is 9.50 Å². The van der Waals surface area contributed by atoms with Gasteiger partial charge in [0.25, 0.3) is 0 Å². The van der Waals surface area contributed by atoms with Crippen molar-refractivity contribution in [2.45, 2.75) is 20.3 Å². The molecule has 68 valence electrons. The second-order valence-electron chi connectivity index (χ2n) is 3.66. The molecule has 2 rings (SSSR count). The van der Waals surface area contributed by atoms with Crippen LogP contribution in [0.25, 0.3) is 5.65 Å². The van der Waals surface area contributed by atoms with Crippen LogP contribution < -0.4 is 0 Å². The van der Waals surface area contributed by atoms with Crippen molar-refractivity contribution in [3.05, 3.63) is 30.2 Å². The first-order valence-corrected chi connectivity index (χ1v) is 4.55. The molecule has 0 bridgehead atoms. The first-order valence-electron chi connectivity index (χ1n) is 4.55. The number of hydrogen-bond acceptors (Lipinski definition) is 2. The van der Waals surface area contributed by atoms with Gasteiger partial charge in [0.15, 0.2) is 5.65 Å². The molecule has 2 aromatic rings. The van der Waals surface area contributed by atoms with Crippen molar-refractivity contribution >= 4 is 5.65 Å². The van der Waals surface area contributed by atoms with Gasteiger partial charge in [0.2, 0.25) is 0 Å². The molecule has 0 fully saturated rings. The number of aromatic nitrogens is 3. The highest BCUT2D eigenvalue weighted by atomic mass is 15.2.